The van der Waals surface area contributed by atoms with Crippen molar-refractivity contribution in [3.63, 3.8) is 0 Å². The SMILES string of the molecule is Cc1nn(C)c2cc([C@@]34CCCC[C@@H]3N(C)CC4)cnc12. The van der Waals surface area contributed by atoms with Crippen LogP contribution < -0.4 is 0 Å². The summed E-state index contributed by atoms with van der Waals surface area (Å²) in [5, 5.41) is 4.52. The van der Waals surface area contributed by atoms with Crippen LogP contribution in [0, 0.1) is 6.92 Å². The molecule has 0 aromatic carbocycles. The van der Waals surface area contributed by atoms with Crippen LogP contribution in [-0.2, 0) is 12.5 Å². The van der Waals surface area contributed by atoms with Crippen LogP contribution in [0.25, 0.3) is 11.0 Å². The molecule has 2 atom stereocenters. The molecular weight excluding hydrogens is 260 g/mol. The Morgan fingerprint density at radius 2 is 2.10 bits per heavy atom. The second-order valence-electron chi connectivity index (χ2n) is 6.95. The number of pyridine rings is 1. The molecule has 0 spiro atoms. The number of aryl methyl sites for hydroxylation is 2. The Balaban J connectivity index is 1.86. The maximum Gasteiger partial charge on any atom is 0.111 e. The smallest absolute Gasteiger partial charge is 0.111 e. The molecule has 1 aliphatic carbocycles. The van der Waals surface area contributed by atoms with E-state index in [-0.39, 0.29) is 0 Å². The molecule has 4 nitrogen and oxygen atoms in total. The highest BCUT2D eigenvalue weighted by molar-refractivity contribution is 5.78. The summed E-state index contributed by atoms with van der Waals surface area (Å²) in [5.41, 5.74) is 5.02. The molecule has 21 heavy (non-hydrogen) atoms. The Bertz CT molecular complexity index is 685. The highest BCUT2D eigenvalue weighted by Gasteiger charge is 2.48. The first-order valence-electron chi connectivity index (χ1n) is 8.12. The monoisotopic (exact) mass is 284 g/mol. The number of likely N-dealkylation sites (N-methyl/N-ethyl adjacent to an activating group) is 1. The van der Waals surface area contributed by atoms with Crippen molar-refractivity contribution in [3.8, 4) is 0 Å². The summed E-state index contributed by atoms with van der Waals surface area (Å²) in [5.74, 6) is 0. The van der Waals surface area contributed by atoms with Crippen LogP contribution >= 0.6 is 0 Å². The average molecular weight is 284 g/mol. The van der Waals surface area contributed by atoms with Crippen molar-refractivity contribution in [2.24, 2.45) is 7.05 Å². The summed E-state index contributed by atoms with van der Waals surface area (Å²) in [4.78, 5) is 7.32. The molecule has 2 aromatic heterocycles. The molecule has 4 rings (SSSR count). The summed E-state index contributed by atoms with van der Waals surface area (Å²) in [6.07, 6.45) is 8.78. The lowest BCUT2D eigenvalue weighted by Crippen LogP contribution is -2.43. The zero-order valence-electron chi connectivity index (χ0n) is 13.3. The number of likely N-dealkylation sites (tertiary alicyclic amines) is 1. The topological polar surface area (TPSA) is 34.0 Å². The lowest BCUT2D eigenvalue weighted by molar-refractivity contribution is 0.182. The Morgan fingerprint density at radius 3 is 2.95 bits per heavy atom. The zero-order chi connectivity index (χ0) is 14.6. The van der Waals surface area contributed by atoms with Gasteiger partial charge in [-0.15, -0.1) is 0 Å². The molecule has 1 aliphatic heterocycles. The standard InChI is InChI=1S/C17H24N4/c1-12-16-14(21(3)19-12)10-13(11-18-16)17-7-5-4-6-15(17)20(2)9-8-17/h10-11,15H,4-9H2,1-3H3/t15-,17-/m0/s1. The summed E-state index contributed by atoms with van der Waals surface area (Å²) in [7, 11) is 4.31. The number of aromatic nitrogens is 3. The second kappa shape index (κ2) is 4.54. The summed E-state index contributed by atoms with van der Waals surface area (Å²) in [6, 6.07) is 3.06. The first kappa shape index (κ1) is 13.3. The second-order valence-corrected chi connectivity index (χ2v) is 6.95. The van der Waals surface area contributed by atoms with Crippen molar-refractivity contribution >= 4 is 11.0 Å². The van der Waals surface area contributed by atoms with E-state index in [1.807, 2.05) is 18.7 Å². The molecule has 4 heteroatoms. The van der Waals surface area contributed by atoms with Gasteiger partial charge in [0.25, 0.3) is 0 Å². The quantitative estimate of drug-likeness (QED) is 0.807. The molecule has 2 aliphatic rings. The van der Waals surface area contributed by atoms with Crippen LogP contribution in [0.4, 0.5) is 0 Å². The fourth-order valence-corrected chi connectivity index (χ4v) is 4.74. The molecule has 2 aromatic rings. The third-order valence-corrected chi connectivity index (χ3v) is 5.86. The third kappa shape index (κ3) is 1.78. The fourth-order valence-electron chi connectivity index (χ4n) is 4.74. The first-order valence-corrected chi connectivity index (χ1v) is 8.12. The Morgan fingerprint density at radius 1 is 1.24 bits per heavy atom. The summed E-state index contributed by atoms with van der Waals surface area (Å²) < 4.78 is 1.98. The van der Waals surface area contributed by atoms with Gasteiger partial charge in [-0.2, -0.15) is 5.10 Å². The molecule has 112 valence electrons. The Labute approximate surface area is 126 Å². The minimum Gasteiger partial charge on any atom is -0.302 e. The molecule has 0 amide bonds. The lowest BCUT2D eigenvalue weighted by Gasteiger charge is -2.41. The molecule has 3 heterocycles. The molecule has 0 radical (unpaired) electrons. The number of rotatable bonds is 1. The van der Waals surface area contributed by atoms with E-state index in [9.17, 15) is 0 Å². The maximum absolute atomic E-state index is 4.76. The minimum atomic E-state index is 0.326. The van der Waals surface area contributed by atoms with Gasteiger partial charge in [0.05, 0.1) is 11.2 Å². The van der Waals surface area contributed by atoms with Crippen LogP contribution in [0.1, 0.15) is 43.4 Å². The van der Waals surface area contributed by atoms with Gasteiger partial charge in [0, 0.05) is 24.7 Å². The van der Waals surface area contributed by atoms with E-state index in [2.05, 4.69) is 29.3 Å². The summed E-state index contributed by atoms with van der Waals surface area (Å²) >= 11 is 0. The molecule has 0 bridgehead atoms. The van der Waals surface area contributed by atoms with Crippen LogP contribution in [0.2, 0.25) is 0 Å². The largest absolute Gasteiger partial charge is 0.302 e. The third-order valence-electron chi connectivity index (χ3n) is 5.86. The zero-order valence-corrected chi connectivity index (χ0v) is 13.3. The molecule has 1 saturated carbocycles. The predicted octanol–water partition coefficient (Wildman–Crippen LogP) is 2.79. The van der Waals surface area contributed by atoms with Gasteiger partial charge in [-0.1, -0.05) is 12.8 Å². The van der Waals surface area contributed by atoms with Crippen molar-refractivity contribution in [2.45, 2.75) is 50.5 Å². The maximum atomic E-state index is 4.76. The van der Waals surface area contributed by atoms with Crippen molar-refractivity contribution in [3.05, 3.63) is 23.5 Å². The van der Waals surface area contributed by atoms with E-state index in [1.165, 1.54) is 49.7 Å². The van der Waals surface area contributed by atoms with Crippen LogP contribution in [-0.4, -0.2) is 39.3 Å². The van der Waals surface area contributed by atoms with Crippen molar-refractivity contribution < 1.29 is 0 Å². The van der Waals surface area contributed by atoms with Gasteiger partial charge >= 0.3 is 0 Å². The van der Waals surface area contributed by atoms with E-state index < -0.39 is 0 Å². The number of hydrogen-bond donors (Lipinski definition) is 0. The molecule has 0 N–H and O–H groups in total. The Hall–Kier alpha value is -1.42. The number of fused-ring (bicyclic) bond motifs is 2. The lowest BCUT2D eigenvalue weighted by atomic mass is 9.66. The molecule has 2 fully saturated rings. The van der Waals surface area contributed by atoms with Gasteiger partial charge in [-0.05, 0) is 51.4 Å². The minimum absolute atomic E-state index is 0.326. The highest BCUT2D eigenvalue weighted by atomic mass is 15.3. The van der Waals surface area contributed by atoms with E-state index >= 15 is 0 Å². The van der Waals surface area contributed by atoms with E-state index in [0.717, 1.165) is 11.2 Å². The predicted molar refractivity (Wildman–Crippen MR) is 84.4 cm³/mol. The van der Waals surface area contributed by atoms with Crippen molar-refractivity contribution in [2.75, 3.05) is 13.6 Å². The van der Waals surface area contributed by atoms with Crippen molar-refractivity contribution in [1.29, 1.82) is 0 Å². The van der Waals surface area contributed by atoms with Gasteiger partial charge in [0.2, 0.25) is 0 Å². The normalized spacial score (nSPS) is 30.0. The van der Waals surface area contributed by atoms with Crippen molar-refractivity contribution in [1.82, 2.24) is 19.7 Å². The molecule has 1 saturated heterocycles. The van der Waals surface area contributed by atoms with Gasteiger partial charge in [0.1, 0.15) is 5.52 Å². The van der Waals surface area contributed by atoms with E-state index in [0.29, 0.717) is 11.5 Å². The van der Waals surface area contributed by atoms with E-state index in [4.69, 9.17) is 4.98 Å². The van der Waals surface area contributed by atoms with E-state index in [1.54, 1.807) is 0 Å². The molecule has 0 unspecified atom stereocenters. The molecular formula is C17H24N4. The fraction of sp³-hybridized carbons (Fsp3) is 0.647. The van der Waals surface area contributed by atoms with Gasteiger partial charge in [-0.25, -0.2) is 0 Å². The average Bonchev–Trinajstić information content (AvgIpc) is 2.99. The van der Waals surface area contributed by atoms with Gasteiger partial charge in [0.15, 0.2) is 0 Å². The summed E-state index contributed by atoms with van der Waals surface area (Å²) in [6.45, 7) is 3.26. The van der Waals surface area contributed by atoms with Gasteiger partial charge in [-0.3, -0.25) is 9.67 Å². The Kier molecular flexibility index (Phi) is 2.86. The van der Waals surface area contributed by atoms with Gasteiger partial charge < -0.3 is 4.90 Å². The number of hydrogen-bond acceptors (Lipinski definition) is 3. The highest BCUT2D eigenvalue weighted by Crippen LogP contribution is 2.48. The van der Waals surface area contributed by atoms with Crippen LogP contribution in [0.3, 0.4) is 0 Å². The van der Waals surface area contributed by atoms with Crippen LogP contribution in [0.5, 0.6) is 0 Å². The first-order chi connectivity index (χ1) is 10.1. The number of nitrogens with zero attached hydrogens (tertiary/aromatic N) is 4. The van der Waals surface area contributed by atoms with Crippen LogP contribution in [0.15, 0.2) is 12.3 Å².